The first-order valence-corrected chi connectivity index (χ1v) is 12.1. The highest BCUT2D eigenvalue weighted by atomic mass is 35.5. The zero-order valence-corrected chi connectivity index (χ0v) is 21.9. The van der Waals surface area contributed by atoms with Crippen molar-refractivity contribution in [2.24, 2.45) is 17.3 Å². The quantitative estimate of drug-likeness (QED) is 0.484. The van der Waals surface area contributed by atoms with Crippen molar-refractivity contribution in [2.45, 2.75) is 85.4 Å². The van der Waals surface area contributed by atoms with Crippen LogP contribution in [-0.4, -0.2) is 22.0 Å². The van der Waals surface area contributed by atoms with Gasteiger partial charge in [0.25, 0.3) is 0 Å². The summed E-state index contributed by atoms with van der Waals surface area (Å²) in [5.74, 6) is -0.907. The summed E-state index contributed by atoms with van der Waals surface area (Å²) in [5, 5.41) is 0.665. The average molecular weight is 458 g/mol. The second kappa shape index (κ2) is 10.1. The van der Waals surface area contributed by atoms with Gasteiger partial charge in [0.1, 0.15) is 0 Å². The van der Waals surface area contributed by atoms with Crippen molar-refractivity contribution >= 4 is 28.6 Å². The fraction of sp³-hybridized carbons (Fsp3) is 0.708. The van der Waals surface area contributed by atoms with Crippen LogP contribution in [0.15, 0.2) is 18.2 Å². The van der Waals surface area contributed by atoms with Gasteiger partial charge in [0.15, 0.2) is 0 Å². The van der Waals surface area contributed by atoms with E-state index in [9.17, 15) is 9.00 Å². The van der Waals surface area contributed by atoms with Crippen molar-refractivity contribution in [1.29, 1.82) is 0 Å². The van der Waals surface area contributed by atoms with Crippen LogP contribution in [0.3, 0.4) is 0 Å². The molecule has 0 aromatic heterocycles. The molecule has 1 aromatic carbocycles. The molecule has 0 saturated heterocycles. The Hall–Kier alpha value is -0.910. The molecule has 0 saturated carbocycles. The van der Waals surface area contributed by atoms with Crippen molar-refractivity contribution in [3.05, 3.63) is 34.3 Å². The number of rotatable bonds is 8. The van der Waals surface area contributed by atoms with Gasteiger partial charge in [0, 0.05) is 5.02 Å². The van der Waals surface area contributed by atoms with Crippen LogP contribution in [0.4, 0.5) is 0 Å². The van der Waals surface area contributed by atoms with Gasteiger partial charge in [-0.05, 0) is 69.1 Å². The summed E-state index contributed by atoms with van der Waals surface area (Å²) >= 11 is 6.67. The second-order valence-corrected chi connectivity index (χ2v) is 13.2. The molecule has 30 heavy (non-hydrogen) atoms. The number of nitrogens with one attached hydrogen (secondary N) is 1. The van der Waals surface area contributed by atoms with E-state index < -0.39 is 27.2 Å². The molecule has 1 rings (SSSR count). The molecule has 0 aliphatic heterocycles. The lowest BCUT2D eigenvalue weighted by Gasteiger charge is -2.40. The van der Waals surface area contributed by atoms with Crippen molar-refractivity contribution < 1.29 is 13.7 Å². The molecule has 0 spiro atoms. The van der Waals surface area contributed by atoms with Gasteiger partial charge in [-0.15, -0.1) is 0 Å². The van der Waals surface area contributed by atoms with Gasteiger partial charge in [-0.25, -0.2) is 8.93 Å². The van der Waals surface area contributed by atoms with E-state index in [1.54, 1.807) is 0 Å². The fourth-order valence-corrected chi connectivity index (χ4v) is 4.74. The standard InChI is InChI=1S/C24H40ClNO3S/c1-16(2)20(21(27)29-10)24(9,26-30(28)23(6,7)8)18-12-11-17(19(25)15-18)13-14-22(3,4)5/h11-12,15-16,20,26H,13-14H2,1-10H3/t20?,24-,30?/m0/s1. The topological polar surface area (TPSA) is 55.4 Å². The molecule has 1 aromatic rings. The Morgan fingerprint density at radius 3 is 2.10 bits per heavy atom. The zero-order valence-electron chi connectivity index (χ0n) is 20.3. The normalized spacial score (nSPS) is 16.8. The summed E-state index contributed by atoms with van der Waals surface area (Å²) in [7, 11) is -0.000583. The van der Waals surface area contributed by atoms with Gasteiger partial charge in [-0.3, -0.25) is 4.79 Å². The van der Waals surface area contributed by atoms with Crippen molar-refractivity contribution in [3.63, 3.8) is 0 Å². The summed E-state index contributed by atoms with van der Waals surface area (Å²) < 4.78 is 21.0. The molecule has 0 bridgehead atoms. The molecule has 4 nitrogen and oxygen atoms in total. The summed E-state index contributed by atoms with van der Waals surface area (Å²) in [6.45, 7) is 18.2. The van der Waals surface area contributed by atoms with E-state index in [-0.39, 0.29) is 17.3 Å². The van der Waals surface area contributed by atoms with Gasteiger partial charge in [-0.1, -0.05) is 58.4 Å². The summed E-state index contributed by atoms with van der Waals surface area (Å²) in [6.07, 6.45) is 1.90. The molecule has 0 fully saturated rings. The van der Waals surface area contributed by atoms with Gasteiger partial charge in [0.05, 0.1) is 34.3 Å². The van der Waals surface area contributed by atoms with E-state index in [1.807, 2.05) is 59.7 Å². The molecular formula is C24H40ClNO3S. The first-order chi connectivity index (χ1) is 13.5. The van der Waals surface area contributed by atoms with E-state index in [0.29, 0.717) is 5.02 Å². The first-order valence-electron chi connectivity index (χ1n) is 10.6. The Morgan fingerprint density at radius 2 is 1.70 bits per heavy atom. The third kappa shape index (κ3) is 7.06. The molecule has 1 N–H and O–H groups in total. The number of aryl methyl sites for hydroxylation is 1. The summed E-state index contributed by atoms with van der Waals surface area (Å²) in [4.78, 5) is 12.8. The second-order valence-electron chi connectivity index (χ2n) is 10.8. The predicted molar refractivity (Wildman–Crippen MR) is 128 cm³/mol. The molecule has 0 heterocycles. The number of methoxy groups -OCH3 is 1. The molecule has 0 aliphatic rings. The lowest BCUT2D eigenvalue weighted by atomic mass is 9.74. The molecule has 172 valence electrons. The molecule has 6 heteroatoms. The number of benzene rings is 1. The van der Waals surface area contributed by atoms with Crippen LogP contribution in [0.1, 0.15) is 79.9 Å². The Balaban J connectivity index is 3.49. The summed E-state index contributed by atoms with van der Waals surface area (Å²) in [6, 6.07) is 5.93. The van der Waals surface area contributed by atoms with Crippen LogP contribution >= 0.6 is 11.6 Å². The predicted octanol–water partition coefficient (Wildman–Crippen LogP) is 6.03. The third-order valence-electron chi connectivity index (χ3n) is 5.40. The van der Waals surface area contributed by atoms with Crippen LogP contribution in [0.5, 0.6) is 0 Å². The lowest BCUT2D eigenvalue weighted by molar-refractivity contribution is -0.150. The molecule has 2 unspecified atom stereocenters. The maximum absolute atomic E-state index is 13.1. The highest BCUT2D eigenvalue weighted by Crippen LogP contribution is 2.38. The van der Waals surface area contributed by atoms with Crippen molar-refractivity contribution in [1.82, 2.24) is 4.72 Å². The molecule has 0 radical (unpaired) electrons. The number of halogens is 1. The minimum absolute atomic E-state index is 0.0359. The van der Waals surface area contributed by atoms with Crippen LogP contribution in [0, 0.1) is 17.3 Å². The SMILES string of the molecule is COC(=O)C(C(C)C)[C@@](C)(NS(=O)C(C)(C)C)c1ccc(CCC(C)(C)C)c(Cl)c1. The number of carbonyl (C=O) groups excluding carboxylic acids is 1. The van der Waals surface area contributed by atoms with Crippen LogP contribution < -0.4 is 4.72 Å². The first kappa shape index (κ1) is 27.1. The van der Waals surface area contributed by atoms with Gasteiger partial charge in [-0.2, -0.15) is 0 Å². The monoisotopic (exact) mass is 457 g/mol. The lowest BCUT2D eigenvalue weighted by Crippen LogP contribution is -2.54. The molecular weight excluding hydrogens is 418 g/mol. The van der Waals surface area contributed by atoms with Gasteiger partial charge >= 0.3 is 5.97 Å². The van der Waals surface area contributed by atoms with E-state index in [0.717, 1.165) is 24.0 Å². The van der Waals surface area contributed by atoms with Crippen LogP contribution in [-0.2, 0) is 32.5 Å². The van der Waals surface area contributed by atoms with Crippen LogP contribution in [0.25, 0.3) is 0 Å². The van der Waals surface area contributed by atoms with E-state index >= 15 is 0 Å². The Labute approximate surface area is 191 Å². The van der Waals surface area contributed by atoms with E-state index in [2.05, 4.69) is 25.5 Å². The largest absolute Gasteiger partial charge is 0.469 e. The smallest absolute Gasteiger partial charge is 0.311 e. The maximum atomic E-state index is 13.1. The van der Waals surface area contributed by atoms with Gasteiger partial charge < -0.3 is 4.74 Å². The number of esters is 1. The number of hydrogen-bond acceptors (Lipinski definition) is 3. The Morgan fingerprint density at radius 1 is 1.13 bits per heavy atom. The van der Waals surface area contributed by atoms with Crippen molar-refractivity contribution in [3.8, 4) is 0 Å². The van der Waals surface area contributed by atoms with E-state index in [4.69, 9.17) is 16.3 Å². The molecule has 0 aliphatic carbocycles. The Kier molecular flexibility index (Phi) is 9.17. The summed E-state index contributed by atoms with van der Waals surface area (Å²) in [5.41, 5.74) is 1.21. The fourth-order valence-electron chi connectivity index (χ4n) is 3.53. The minimum atomic E-state index is -1.39. The Bertz CT molecular complexity index is 765. The maximum Gasteiger partial charge on any atom is 0.311 e. The third-order valence-corrected chi connectivity index (χ3v) is 7.48. The van der Waals surface area contributed by atoms with E-state index in [1.165, 1.54) is 7.11 Å². The minimum Gasteiger partial charge on any atom is -0.469 e. The average Bonchev–Trinajstić information content (AvgIpc) is 2.58. The highest BCUT2D eigenvalue weighted by Gasteiger charge is 2.45. The molecule has 0 amide bonds. The highest BCUT2D eigenvalue weighted by molar-refractivity contribution is 7.84. The molecule has 3 atom stereocenters. The number of hydrogen-bond donors (Lipinski definition) is 1. The van der Waals surface area contributed by atoms with Gasteiger partial charge in [0.2, 0.25) is 0 Å². The van der Waals surface area contributed by atoms with Crippen LogP contribution in [0.2, 0.25) is 5.02 Å². The van der Waals surface area contributed by atoms with Crippen molar-refractivity contribution in [2.75, 3.05) is 7.11 Å². The number of carbonyl (C=O) groups is 1. The zero-order chi connectivity index (χ0) is 23.5. The number of ether oxygens (including phenoxy) is 1.